The second kappa shape index (κ2) is 7.08. The molecule has 0 fully saturated rings. The molecule has 0 spiro atoms. The van der Waals surface area contributed by atoms with Crippen LogP contribution in [0.5, 0.6) is 5.75 Å². The van der Waals surface area contributed by atoms with Crippen molar-refractivity contribution in [3.8, 4) is 5.75 Å². The van der Waals surface area contributed by atoms with Crippen molar-refractivity contribution in [2.75, 3.05) is 6.86 Å². The molecule has 0 aliphatic rings. The van der Waals surface area contributed by atoms with Gasteiger partial charge in [0.05, 0.1) is 0 Å². The largest absolute Gasteiger partial charge is 2.00 e. The van der Waals surface area contributed by atoms with Gasteiger partial charge < -0.3 is 12.2 Å². The van der Waals surface area contributed by atoms with E-state index in [9.17, 15) is 4.39 Å². The molecule has 13 heavy (non-hydrogen) atoms. The van der Waals surface area contributed by atoms with E-state index in [1.807, 2.05) is 19.9 Å². The molecule has 0 aromatic heterocycles. The minimum atomic E-state index is -0.792. The zero-order chi connectivity index (χ0) is 8.27. The normalized spacial score (nSPS) is 8.23. The van der Waals surface area contributed by atoms with Gasteiger partial charge in [-0.15, -0.1) is 12.1 Å². The third-order valence-electron chi connectivity index (χ3n) is 1.33. The van der Waals surface area contributed by atoms with Crippen LogP contribution >= 0.6 is 0 Å². The van der Waals surface area contributed by atoms with E-state index in [1.165, 1.54) is 0 Å². The van der Waals surface area contributed by atoms with Gasteiger partial charge in [-0.2, -0.15) is 17.2 Å². The fourth-order valence-corrected chi connectivity index (χ4v) is 0.993. The van der Waals surface area contributed by atoms with E-state index in [-0.39, 0.29) is 28.5 Å². The van der Waals surface area contributed by atoms with E-state index in [0.717, 1.165) is 11.1 Å². The van der Waals surface area contributed by atoms with Crippen LogP contribution in [0.2, 0.25) is 0 Å². The average molecular weight is 352 g/mol. The first-order valence-corrected chi connectivity index (χ1v) is 3.41. The van der Waals surface area contributed by atoms with E-state index in [1.54, 1.807) is 6.07 Å². The number of hydrogen-bond donors (Lipinski definition) is 0. The van der Waals surface area contributed by atoms with Gasteiger partial charge in [0.1, 0.15) is 0 Å². The van der Waals surface area contributed by atoms with Crippen LogP contribution in [-0.2, 0) is 21.1 Å². The van der Waals surface area contributed by atoms with Gasteiger partial charge in [0, 0.05) is 5.75 Å². The standard InChI is InChI=1S/C9H10FO.CH3.W/c1-7-3-8(2)5-9(4-7)11-6-10;;/h3-4H,6H2,1-2H3;1H3;/q2*-1;+2. The minimum absolute atomic E-state index is 0. The quantitative estimate of drug-likeness (QED) is 0.744. The number of aryl methyl sites for hydroxylation is 2. The van der Waals surface area contributed by atoms with Crippen molar-refractivity contribution in [1.82, 2.24) is 0 Å². The van der Waals surface area contributed by atoms with Gasteiger partial charge in [0.15, 0.2) is 0 Å². The van der Waals surface area contributed by atoms with Crippen LogP contribution in [0.25, 0.3) is 0 Å². The molecule has 0 heterocycles. The molecule has 3 heteroatoms. The first-order valence-electron chi connectivity index (χ1n) is 3.41. The van der Waals surface area contributed by atoms with Gasteiger partial charge in [-0.3, -0.25) is 0 Å². The second-order valence-electron chi connectivity index (χ2n) is 2.46. The van der Waals surface area contributed by atoms with Crippen molar-refractivity contribution in [3.05, 3.63) is 36.8 Å². The molecule has 0 amide bonds. The van der Waals surface area contributed by atoms with Crippen LogP contribution in [0.15, 0.2) is 12.1 Å². The van der Waals surface area contributed by atoms with Crippen LogP contribution in [0, 0.1) is 27.3 Å². The van der Waals surface area contributed by atoms with Crippen molar-refractivity contribution in [1.29, 1.82) is 0 Å². The maximum Gasteiger partial charge on any atom is 2.00 e. The smallest absolute Gasteiger partial charge is 0.489 e. The van der Waals surface area contributed by atoms with Crippen LogP contribution in [0.3, 0.4) is 0 Å². The van der Waals surface area contributed by atoms with Crippen LogP contribution in [0.4, 0.5) is 4.39 Å². The fraction of sp³-hybridized carbons (Fsp3) is 0.300. The molecule has 0 atom stereocenters. The third kappa shape index (κ3) is 5.05. The van der Waals surface area contributed by atoms with E-state index in [2.05, 4.69) is 10.8 Å². The van der Waals surface area contributed by atoms with Gasteiger partial charge in [-0.05, 0) is 0 Å². The molecular formula is C10H13FOW. The van der Waals surface area contributed by atoms with Gasteiger partial charge in [0.25, 0.3) is 0 Å². The number of halogens is 1. The van der Waals surface area contributed by atoms with Crippen LogP contribution in [0.1, 0.15) is 11.1 Å². The van der Waals surface area contributed by atoms with Gasteiger partial charge in [-0.1, -0.05) is 13.8 Å². The number of alkyl halides is 1. The molecule has 1 aromatic carbocycles. The Morgan fingerprint density at radius 2 is 2.00 bits per heavy atom. The molecule has 0 bridgehead atoms. The molecule has 1 rings (SSSR count). The zero-order valence-corrected chi connectivity index (χ0v) is 11.0. The molecule has 0 aliphatic heterocycles. The summed E-state index contributed by atoms with van der Waals surface area (Å²) in [6.07, 6.45) is 0. The monoisotopic (exact) mass is 352 g/mol. The van der Waals surface area contributed by atoms with E-state index in [4.69, 9.17) is 0 Å². The molecule has 0 saturated heterocycles. The Kier molecular flexibility index (Phi) is 8.24. The van der Waals surface area contributed by atoms with Crippen LogP contribution < -0.4 is 4.74 Å². The first-order chi connectivity index (χ1) is 5.22. The van der Waals surface area contributed by atoms with Gasteiger partial charge in [0.2, 0.25) is 6.86 Å². The molecule has 1 nitrogen and oxygen atoms in total. The molecule has 0 N–H and O–H groups in total. The Hall–Kier alpha value is -0.362. The molecule has 72 valence electrons. The zero-order valence-electron chi connectivity index (χ0n) is 8.06. The maximum absolute atomic E-state index is 11.7. The SMILES string of the molecule is Cc1[c-]c(OCF)cc(C)c1.[CH3-].[W+2]. The molecule has 1 aromatic rings. The van der Waals surface area contributed by atoms with E-state index < -0.39 is 6.86 Å². The predicted molar refractivity (Wildman–Crippen MR) is 47.8 cm³/mol. The Morgan fingerprint density at radius 3 is 2.46 bits per heavy atom. The third-order valence-corrected chi connectivity index (χ3v) is 1.33. The van der Waals surface area contributed by atoms with Crippen molar-refractivity contribution >= 4 is 0 Å². The van der Waals surface area contributed by atoms with E-state index >= 15 is 0 Å². The summed E-state index contributed by atoms with van der Waals surface area (Å²) in [5, 5.41) is 0. The number of hydrogen-bond acceptors (Lipinski definition) is 1. The maximum atomic E-state index is 11.7. The Labute approximate surface area is 93.6 Å². The summed E-state index contributed by atoms with van der Waals surface area (Å²) in [4.78, 5) is 0. The van der Waals surface area contributed by atoms with Crippen molar-refractivity contribution in [2.45, 2.75) is 13.8 Å². The fourth-order valence-electron chi connectivity index (χ4n) is 0.993. The summed E-state index contributed by atoms with van der Waals surface area (Å²) >= 11 is 0. The predicted octanol–water partition coefficient (Wildman–Crippen LogP) is 2.86. The summed E-state index contributed by atoms with van der Waals surface area (Å²) < 4.78 is 16.3. The Bertz CT molecular complexity index is 230. The summed E-state index contributed by atoms with van der Waals surface area (Å²) in [6.45, 7) is 3.05. The first kappa shape index (κ1) is 15.1. The molecule has 0 saturated carbocycles. The topological polar surface area (TPSA) is 9.23 Å². The van der Waals surface area contributed by atoms with Crippen molar-refractivity contribution in [3.63, 3.8) is 0 Å². The van der Waals surface area contributed by atoms with Gasteiger partial charge >= 0.3 is 21.1 Å². The molecule has 0 radical (unpaired) electrons. The Morgan fingerprint density at radius 1 is 1.38 bits per heavy atom. The number of benzene rings is 1. The number of ether oxygens (including phenoxy) is 1. The van der Waals surface area contributed by atoms with E-state index in [0.29, 0.717) is 5.75 Å². The summed E-state index contributed by atoms with van der Waals surface area (Å²) in [7, 11) is 0. The average Bonchev–Trinajstić information content (AvgIpc) is 1.85. The Balaban J connectivity index is 0. The second-order valence-corrected chi connectivity index (χ2v) is 2.46. The molecule has 0 unspecified atom stereocenters. The van der Waals surface area contributed by atoms with Crippen molar-refractivity contribution < 1.29 is 30.2 Å². The van der Waals surface area contributed by atoms with Crippen LogP contribution in [-0.4, -0.2) is 6.86 Å². The van der Waals surface area contributed by atoms with Crippen molar-refractivity contribution in [2.24, 2.45) is 0 Å². The summed E-state index contributed by atoms with van der Waals surface area (Å²) in [6, 6.07) is 6.61. The van der Waals surface area contributed by atoms with Gasteiger partial charge in [-0.25, -0.2) is 4.39 Å². The number of rotatable bonds is 2. The summed E-state index contributed by atoms with van der Waals surface area (Å²) in [5.74, 6) is 0.477. The molecule has 0 aliphatic carbocycles. The molecular weight excluding hydrogens is 339 g/mol. The summed E-state index contributed by atoms with van der Waals surface area (Å²) in [5.41, 5.74) is 2.03. The minimum Gasteiger partial charge on any atom is -0.489 e.